The maximum absolute atomic E-state index is 13.4. The van der Waals surface area contributed by atoms with Crippen molar-refractivity contribution >= 4 is 41.3 Å². The summed E-state index contributed by atoms with van der Waals surface area (Å²) in [6.45, 7) is 5.32. The van der Waals surface area contributed by atoms with E-state index in [-0.39, 0.29) is 55.1 Å². The highest BCUT2D eigenvalue weighted by Gasteiger charge is 2.44. The van der Waals surface area contributed by atoms with Crippen molar-refractivity contribution in [3.8, 4) is 0 Å². The molecular formula is C32H55N5O11S. The van der Waals surface area contributed by atoms with Gasteiger partial charge in [0.25, 0.3) is 0 Å². The van der Waals surface area contributed by atoms with E-state index in [0.29, 0.717) is 19.3 Å². The zero-order chi connectivity index (χ0) is 36.2. The molecule has 0 bridgehead atoms. The minimum absolute atomic E-state index is 0.0499. The van der Waals surface area contributed by atoms with Gasteiger partial charge in [0.1, 0.15) is 43.2 Å². The third-order valence-corrected chi connectivity index (χ3v) is 9.01. The number of amides is 2. The van der Waals surface area contributed by atoms with Crippen molar-refractivity contribution < 1.29 is 53.8 Å². The molecule has 0 aliphatic carbocycles. The highest BCUT2D eigenvalue weighted by molar-refractivity contribution is 7.99. The molecule has 1 aliphatic rings. The molecule has 4 unspecified atom stereocenters. The van der Waals surface area contributed by atoms with Gasteiger partial charge in [-0.15, -0.1) is 5.10 Å². The lowest BCUT2D eigenvalue weighted by molar-refractivity contribution is -0.254. The van der Waals surface area contributed by atoms with Gasteiger partial charge in [0.2, 0.25) is 11.8 Å². The number of unbranched alkanes of at least 4 members (excludes halogenated alkanes) is 6. The molecule has 16 nitrogen and oxygen atoms in total. The maximum Gasteiger partial charge on any atom is 0.306 e. The zero-order valence-corrected chi connectivity index (χ0v) is 29.6. The number of hydrogen-bond donors (Lipinski definition) is 6. The van der Waals surface area contributed by atoms with Crippen molar-refractivity contribution in [1.82, 2.24) is 20.3 Å². The first kappa shape index (κ1) is 42.3. The number of aliphatic hydroxyl groups is 4. The number of aliphatic hydroxyl groups excluding tert-OH is 4. The van der Waals surface area contributed by atoms with Gasteiger partial charge in [0.05, 0.1) is 12.8 Å². The van der Waals surface area contributed by atoms with Crippen LogP contribution < -0.4 is 10.6 Å². The Bertz CT molecular complexity index is 1140. The molecule has 49 heavy (non-hydrogen) atoms. The van der Waals surface area contributed by atoms with Crippen molar-refractivity contribution in [2.75, 3.05) is 30.0 Å². The smallest absolute Gasteiger partial charge is 0.306 e. The third kappa shape index (κ3) is 15.3. The maximum atomic E-state index is 13.4. The van der Waals surface area contributed by atoms with E-state index in [2.05, 4.69) is 20.9 Å². The van der Waals surface area contributed by atoms with Crippen LogP contribution in [0.15, 0.2) is 6.20 Å². The van der Waals surface area contributed by atoms with Crippen LogP contribution in [-0.4, -0.2) is 120 Å². The van der Waals surface area contributed by atoms with Gasteiger partial charge in [-0.05, 0) is 19.3 Å². The molecule has 1 aliphatic heterocycles. The number of esters is 2. The topological polar surface area (TPSA) is 232 Å². The zero-order valence-electron chi connectivity index (χ0n) is 28.8. The number of hydrogen-bond acceptors (Lipinski definition) is 14. The van der Waals surface area contributed by atoms with E-state index >= 15 is 0 Å². The first-order valence-electron chi connectivity index (χ1n) is 17.3. The summed E-state index contributed by atoms with van der Waals surface area (Å²) in [5, 5.41) is 53.1. The molecule has 1 saturated heterocycles. The second-order valence-electron chi connectivity index (χ2n) is 12.1. The fourth-order valence-electron chi connectivity index (χ4n) is 4.93. The van der Waals surface area contributed by atoms with Crippen LogP contribution in [0.3, 0.4) is 0 Å². The molecule has 2 heterocycles. The van der Waals surface area contributed by atoms with Gasteiger partial charge >= 0.3 is 11.9 Å². The molecule has 2 rings (SSSR count). The fourth-order valence-corrected chi connectivity index (χ4v) is 5.97. The van der Waals surface area contributed by atoms with Crippen molar-refractivity contribution in [3.05, 3.63) is 6.20 Å². The second kappa shape index (κ2) is 23.6. The Kier molecular flexibility index (Phi) is 20.3. The molecule has 0 spiro atoms. The number of nitrogens with one attached hydrogen (secondary N) is 2. The Labute approximate surface area is 292 Å². The molecular weight excluding hydrogens is 662 g/mol. The summed E-state index contributed by atoms with van der Waals surface area (Å²) < 4.78 is 17.5. The molecule has 0 radical (unpaired) electrons. The Morgan fingerprint density at radius 2 is 1.53 bits per heavy atom. The molecule has 2 amide bonds. The van der Waals surface area contributed by atoms with Crippen LogP contribution in [0.4, 0.5) is 5.82 Å². The van der Waals surface area contributed by atoms with E-state index < -0.39 is 61.3 Å². The van der Waals surface area contributed by atoms with Gasteiger partial charge in [0.15, 0.2) is 12.0 Å². The largest absolute Gasteiger partial charge is 0.462 e. The van der Waals surface area contributed by atoms with E-state index in [1.165, 1.54) is 18.0 Å². The summed E-state index contributed by atoms with van der Waals surface area (Å²) >= 11 is 1.24. The summed E-state index contributed by atoms with van der Waals surface area (Å²) in [5.74, 6) is -1.48. The highest BCUT2D eigenvalue weighted by Crippen LogP contribution is 2.28. The number of rotatable bonds is 24. The molecule has 7 atom stereocenters. The standard InChI is InChI=1S/C32H55N5O11S/c1-4-7-10-13-25(39)33-22(20-49-19-21(47-27(41)15-12-9-6-3)18-46-26(40)14-11-8-5-2)31(45)34-24-16-37(36-35-24)32-30(44)29(43)28(42)23(17-38)48-32/h16,21-23,28-30,32,38,42-44H,4-15,17-20H2,1-3H3,(H,33,39)(H,34,45)/t21-,22-,23?,28?,29?,30?,32-/m1/s1. The first-order chi connectivity index (χ1) is 23.5. The Hall–Kier alpha value is -2.83. The van der Waals surface area contributed by atoms with E-state index in [1.807, 2.05) is 20.8 Å². The summed E-state index contributed by atoms with van der Waals surface area (Å²) in [4.78, 5) is 50.9. The van der Waals surface area contributed by atoms with Crippen LogP contribution in [0.5, 0.6) is 0 Å². The summed E-state index contributed by atoms with van der Waals surface area (Å²) in [6, 6.07) is -1.03. The number of nitrogens with zero attached hydrogens (tertiary/aromatic N) is 3. The Morgan fingerprint density at radius 3 is 2.16 bits per heavy atom. The van der Waals surface area contributed by atoms with Gasteiger partial charge in [-0.25, -0.2) is 4.68 Å². The predicted molar refractivity (Wildman–Crippen MR) is 180 cm³/mol. The lowest BCUT2D eigenvalue weighted by Gasteiger charge is -2.39. The molecule has 1 aromatic heterocycles. The molecule has 280 valence electrons. The predicted octanol–water partition coefficient (Wildman–Crippen LogP) is 1.60. The summed E-state index contributed by atoms with van der Waals surface area (Å²) in [6.07, 6.45) is 1.42. The minimum Gasteiger partial charge on any atom is -0.462 e. The lowest BCUT2D eigenvalue weighted by atomic mass is 9.98. The molecule has 0 saturated carbocycles. The SMILES string of the molecule is CCCCCC(=O)N[C@H](CSC[C@@H](COC(=O)CCCCC)OC(=O)CCCCC)C(=O)Nc1cn([C@@H]2OC(CO)C(O)C(O)C2O)nn1. The number of carbonyl (C=O) groups excluding carboxylic acids is 4. The van der Waals surface area contributed by atoms with Gasteiger partial charge in [-0.2, -0.15) is 11.8 Å². The first-order valence-corrected chi connectivity index (χ1v) is 18.4. The van der Waals surface area contributed by atoms with E-state index in [4.69, 9.17) is 14.2 Å². The summed E-state index contributed by atoms with van der Waals surface area (Å²) in [5.41, 5.74) is 0. The third-order valence-electron chi connectivity index (χ3n) is 7.83. The monoisotopic (exact) mass is 717 g/mol. The van der Waals surface area contributed by atoms with Crippen LogP contribution in [0.25, 0.3) is 0 Å². The average Bonchev–Trinajstić information content (AvgIpc) is 3.54. The van der Waals surface area contributed by atoms with Crippen LogP contribution in [0.2, 0.25) is 0 Å². The molecule has 17 heteroatoms. The van der Waals surface area contributed by atoms with Gasteiger partial charge in [-0.3, -0.25) is 19.2 Å². The van der Waals surface area contributed by atoms with E-state index in [0.717, 1.165) is 43.2 Å². The molecule has 0 aromatic carbocycles. The number of carbonyl (C=O) groups is 4. The highest BCUT2D eigenvalue weighted by atomic mass is 32.2. The second-order valence-corrected chi connectivity index (χ2v) is 13.2. The lowest BCUT2D eigenvalue weighted by Crippen LogP contribution is -2.56. The number of thioether (sulfide) groups is 1. The Balaban J connectivity index is 2.10. The van der Waals surface area contributed by atoms with Crippen LogP contribution >= 0.6 is 11.8 Å². The molecule has 1 aromatic rings. The fraction of sp³-hybridized carbons (Fsp3) is 0.812. The number of anilines is 1. The van der Waals surface area contributed by atoms with Crippen LogP contribution in [-0.2, 0) is 33.4 Å². The van der Waals surface area contributed by atoms with Crippen molar-refractivity contribution in [1.29, 1.82) is 0 Å². The van der Waals surface area contributed by atoms with E-state index in [9.17, 15) is 39.6 Å². The summed E-state index contributed by atoms with van der Waals surface area (Å²) in [7, 11) is 0. The average molecular weight is 718 g/mol. The van der Waals surface area contributed by atoms with Gasteiger partial charge < -0.3 is 45.3 Å². The quantitative estimate of drug-likeness (QED) is 0.0659. The van der Waals surface area contributed by atoms with Crippen LogP contribution in [0, 0.1) is 0 Å². The normalized spacial score (nSPS) is 21.8. The van der Waals surface area contributed by atoms with E-state index in [1.54, 1.807) is 0 Å². The number of ether oxygens (including phenoxy) is 3. The van der Waals surface area contributed by atoms with Crippen LogP contribution in [0.1, 0.15) is 104 Å². The van der Waals surface area contributed by atoms with Crippen molar-refractivity contribution in [3.63, 3.8) is 0 Å². The van der Waals surface area contributed by atoms with Gasteiger partial charge in [-0.1, -0.05) is 64.5 Å². The Morgan fingerprint density at radius 1 is 0.898 bits per heavy atom. The number of aromatic nitrogens is 3. The van der Waals surface area contributed by atoms with Crippen molar-refractivity contribution in [2.24, 2.45) is 0 Å². The molecule has 6 N–H and O–H groups in total. The minimum atomic E-state index is -1.63. The van der Waals surface area contributed by atoms with Gasteiger partial charge in [0, 0.05) is 30.8 Å². The molecule has 1 fully saturated rings. The van der Waals surface area contributed by atoms with Crippen molar-refractivity contribution in [2.45, 2.75) is 141 Å².